The molecule has 0 saturated heterocycles. The molecule has 0 aliphatic heterocycles. The number of ether oxygens (including phenoxy) is 1. The lowest BCUT2D eigenvalue weighted by atomic mass is 10.2. The molecule has 6 heteroatoms. The van der Waals surface area contributed by atoms with E-state index in [1.54, 1.807) is 6.92 Å². The third-order valence-electron chi connectivity index (χ3n) is 1.85. The SMILES string of the molecule is CCOC(=O)NNC(=S)NCc1ccccc1. The van der Waals surface area contributed by atoms with Gasteiger partial charge in [0, 0.05) is 6.54 Å². The summed E-state index contributed by atoms with van der Waals surface area (Å²) in [7, 11) is 0. The monoisotopic (exact) mass is 253 g/mol. The maximum Gasteiger partial charge on any atom is 0.425 e. The molecule has 0 aliphatic carbocycles. The maximum absolute atomic E-state index is 10.9. The third-order valence-corrected chi connectivity index (χ3v) is 2.10. The molecule has 0 fully saturated rings. The molecule has 1 rings (SSSR count). The minimum absolute atomic E-state index is 0.317. The fraction of sp³-hybridized carbons (Fsp3) is 0.273. The lowest BCUT2D eigenvalue weighted by Crippen LogP contribution is -2.46. The average Bonchev–Trinajstić information content (AvgIpc) is 2.35. The molecule has 1 aromatic carbocycles. The van der Waals surface area contributed by atoms with Crippen LogP contribution in [0.4, 0.5) is 4.79 Å². The van der Waals surface area contributed by atoms with E-state index in [-0.39, 0.29) is 0 Å². The van der Waals surface area contributed by atoms with Gasteiger partial charge in [0.1, 0.15) is 0 Å². The summed E-state index contributed by atoms with van der Waals surface area (Å²) in [5.41, 5.74) is 5.94. The molecule has 3 N–H and O–H groups in total. The summed E-state index contributed by atoms with van der Waals surface area (Å²) in [6, 6.07) is 9.81. The maximum atomic E-state index is 10.9. The standard InChI is InChI=1S/C11H15N3O2S/c1-2-16-11(15)14-13-10(17)12-8-9-6-4-3-5-7-9/h3-7H,2,8H2,1H3,(H,14,15)(H2,12,13,17). The largest absolute Gasteiger partial charge is 0.449 e. The first-order chi connectivity index (χ1) is 8.22. The summed E-state index contributed by atoms with van der Waals surface area (Å²) in [5.74, 6) is 0. The van der Waals surface area contributed by atoms with Crippen molar-refractivity contribution in [1.29, 1.82) is 0 Å². The predicted molar refractivity (Wildman–Crippen MR) is 69.2 cm³/mol. The molecular weight excluding hydrogens is 238 g/mol. The van der Waals surface area contributed by atoms with Gasteiger partial charge in [-0.15, -0.1) is 0 Å². The first-order valence-electron chi connectivity index (χ1n) is 5.23. The van der Waals surface area contributed by atoms with Crippen molar-refractivity contribution in [3.63, 3.8) is 0 Å². The van der Waals surface area contributed by atoms with E-state index in [0.717, 1.165) is 5.56 Å². The first-order valence-corrected chi connectivity index (χ1v) is 5.63. The van der Waals surface area contributed by atoms with Crippen molar-refractivity contribution in [2.45, 2.75) is 13.5 Å². The van der Waals surface area contributed by atoms with Gasteiger partial charge in [-0.3, -0.25) is 5.43 Å². The summed E-state index contributed by atoms with van der Waals surface area (Å²) in [6.45, 7) is 2.64. The number of nitrogens with one attached hydrogen (secondary N) is 3. The lowest BCUT2D eigenvalue weighted by molar-refractivity contribution is 0.150. The second-order valence-corrected chi connectivity index (χ2v) is 3.55. The highest BCUT2D eigenvalue weighted by Gasteiger charge is 2.00. The Morgan fingerprint density at radius 1 is 1.29 bits per heavy atom. The number of hydrazine groups is 1. The Morgan fingerprint density at radius 2 is 2.00 bits per heavy atom. The van der Waals surface area contributed by atoms with Crippen LogP contribution >= 0.6 is 12.2 Å². The molecule has 0 radical (unpaired) electrons. The van der Waals surface area contributed by atoms with Crippen LogP contribution in [-0.4, -0.2) is 17.8 Å². The van der Waals surface area contributed by atoms with Crippen LogP contribution < -0.4 is 16.2 Å². The van der Waals surface area contributed by atoms with Gasteiger partial charge in [0.25, 0.3) is 0 Å². The number of benzene rings is 1. The molecule has 0 heterocycles. The van der Waals surface area contributed by atoms with Gasteiger partial charge in [-0.1, -0.05) is 30.3 Å². The smallest absolute Gasteiger partial charge is 0.425 e. The Morgan fingerprint density at radius 3 is 2.65 bits per heavy atom. The van der Waals surface area contributed by atoms with Crippen molar-refractivity contribution in [2.24, 2.45) is 0 Å². The number of thiocarbonyl (C=S) groups is 1. The number of carbonyl (C=O) groups excluding carboxylic acids is 1. The molecule has 0 bridgehead atoms. The van der Waals surface area contributed by atoms with E-state index >= 15 is 0 Å². The van der Waals surface area contributed by atoms with E-state index in [1.807, 2.05) is 30.3 Å². The van der Waals surface area contributed by atoms with Crippen molar-refractivity contribution >= 4 is 23.4 Å². The number of hydrogen-bond donors (Lipinski definition) is 3. The molecule has 1 aromatic rings. The van der Waals surface area contributed by atoms with E-state index in [1.165, 1.54) is 0 Å². The topological polar surface area (TPSA) is 62.4 Å². The van der Waals surface area contributed by atoms with Crippen molar-refractivity contribution in [3.8, 4) is 0 Å². The fourth-order valence-corrected chi connectivity index (χ4v) is 1.22. The highest BCUT2D eigenvalue weighted by Crippen LogP contribution is 1.96. The Kier molecular flexibility index (Phi) is 5.81. The van der Waals surface area contributed by atoms with Crippen LogP contribution in [0.3, 0.4) is 0 Å². The summed E-state index contributed by atoms with van der Waals surface area (Å²) in [5, 5.41) is 3.28. The van der Waals surface area contributed by atoms with Crippen molar-refractivity contribution in [1.82, 2.24) is 16.2 Å². The first kappa shape index (κ1) is 13.2. The van der Waals surface area contributed by atoms with Crippen LogP contribution in [0.15, 0.2) is 30.3 Å². The molecule has 0 aromatic heterocycles. The van der Waals surface area contributed by atoms with Gasteiger partial charge >= 0.3 is 6.09 Å². The highest BCUT2D eigenvalue weighted by molar-refractivity contribution is 7.80. The molecule has 0 unspecified atom stereocenters. The van der Waals surface area contributed by atoms with Gasteiger partial charge in [0.15, 0.2) is 5.11 Å². The molecular formula is C11H15N3O2S. The zero-order valence-electron chi connectivity index (χ0n) is 9.53. The zero-order valence-corrected chi connectivity index (χ0v) is 10.3. The van der Waals surface area contributed by atoms with E-state index < -0.39 is 6.09 Å². The predicted octanol–water partition coefficient (Wildman–Crippen LogP) is 1.31. The molecule has 5 nitrogen and oxygen atoms in total. The molecule has 0 saturated carbocycles. The minimum Gasteiger partial charge on any atom is -0.449 e. The number of carbonyl (C=O) groups is 1. The van der Waals surface area contributed by atoms with E-state index in [0.29, 0.717) is 18.3 Å². The third kappa shape index (κ3) is 5.72. The van der Waals surface area contributed by atoms with E-state index in [2.05, 4.69) is 20.9 Å². The van der Waals surface area contributed by atoms with Crippen LogP contribution in [0, 0.1) is 0 Å². The molecule has 0 aliphatic rings. The molecule has 92 valence electrons. The van der Waals surface area contributed by atoms with Crippen LogP contribution in [-0.2, 0) is 11.3 Å². The van der Waals surface area contributed by atoms with Crippen LogP contribution in [0.2, 0.25) is 0 Å². The Labute approximate surface area is 106 Å². The van der Waals surface area contributed by atoms with Crippen LogP contribution in [0.25, 0.3) is 0 Å². The molecule has 1 amide bonds. The van der Waals surface area contributed by atoms with Gasteiger partial charge in [-0.2, -0.15) is 0 Å². The van der Waals surface area contributed by atoms with Crippen molar-refractivity contribution < 1.29 is 9.53 Å². The average molecular weight is 253 g/mol. The van der Waals surface area contributed by atoms with Crippen LogP contribution in [0.1, 0.15) is 12.5 Å². The van der Waals surface area contributed by atoms with Crippen molar-refractivity contribution in [2.75, 3.05) is 6.61 Å². The Bertz CT molecular complexity index is 370. The molecule has 0 atom stereocenters. The second kappa shape index (κ2) is 7.45. The number of amides is 1. The highest BCUT2D eigenvalue weighted by atomic mass is 32.1. The summed E-state index contributed by atoms with van der Waals surface area (Å²) < 4.78 is 4.66. The summed E-state index contributed by atoms with van der Waals surface area (Å²) in [6.07, 6.45) is -0.559. The van der Waals surface area contributed by atoms with Gasteiger partial charge in [-0.05, 0) is 24.7 Å². The summed E-state index contributed by atoms with van der Waals surface area (Å²) in [4.78, 5) is 10.9. The van der Waals surface area contributed by atoms with Crippen LogP contribution in [0.5, 0.6) is 0 Å². The molecule has 0 spiro atoms. The van der Waals surface area contributed by atoms with Gasteiger partial charge in [-0.25, -0.2) is 10.2 Å². The second-order valence-electron chi connectivity index (χ2n) is 3.14. The number of hydrogen-bond acceptors (Lipinski definition) is 3. The number of rotatable bonds is 3. The minimum atomic E-state index is -0.559. The van der Waals surface area contributed by atoms with Gasteiger partial charge < -0.3 is 10.1 Å². The van der Waals surface area contributed by atoms with E-state index in [4.69, 9.17) is 12.2 Å². The lowest BCUT2D eigenvalue weighted by Gasteiger charge is -2.11. The van der Waals surface area contributed by atoms with Gasteiger partial charge in [0.05, 0.1) is 6.61 Å². The summed E-state index contributed by atoms with van der Waals surface area (Å²) >= 11 is 4.96. The quantitative estimate of drug-likeness (QED) is 0.560. The fourth-order valence-electron chi connectivity index (χ4n) is 1.10. The Balaban J connectivity index is 2.20. The Hall–Kier alpha value is -1.82. The van der Waals surface area contributed by atoms with Crippen molar-refractivity contribution in [3.05, 3.63) is 35.9 Å². The van der Waals surface area contributed by atoms with E-state index in [9.17, 15) is 4.79 Å². The zero-order chi connectivity index (χ0) is 12.5. The molecule has 17 heavy (non-hydrogen) atoms. The normalized spacial score (nSPS) is 9.24. The van der Waals surface area contributed by atoms with Gasteiger partial charge in [0.2, 0.25) is 0 Å².